The van der Waals surface area contributed by atoms with Gasteiger partial charge in [-0.25, -0.2) is 4.39 Å². The number of nitrogens with zero attached hydrogens (tertiary/aromatic N) is 1. The molecular formula is C13H13BrClFN2O2. The van der Waals surface area contributed by atoms with Crippen molar-refractivity contribution in [1.29, 1.82) is 0 Å². The van der Waals surface area contributed by atoms with Crippen LogP contribution in [0.3, 0.4) is 0 Å². The lowest BCUT2D eigenvalue weighted by Gasteiger charge is -2.12. The van der Waals surface area contributed by atoms with E-state index in [1.54, 1.807) is 12.1 Å². The molecule has 0 unspecified atom stereocenters. The summed E-state index contributed by atoms with van der Waals surface area (Å²) in [5, 5.41) is 0.633. The van der Waals surface area contributed by atoms with Crippen molar-refractivity contribution < 1.29 is 13.9 Å². The number of esters is 1. The molecule has 2 aromatic rings. The van der Waals surface area contributed by atoms with Crippen LogP contribution in [0.2, 0.25) is 0 Å². The van der Waals surface area contributed by atoms with Gasteiger partial charge in [-0.2, -0.15) is 0 Å². The lowest BCUT2D eigenvalue weighted by atomic mass is 10.0. The first-order valence-corrected chi connectivity index (χ1v) is 6.38. The Morgan fingerprint density at radius 3 is 2.90 bits per heavy atom. The molecule has 2 N–H and O–H groups in total. The summed E-state index contributed by atoms with van der Waals surface area (Å²) in [6, 6.07) is 4.19. The van der Waals surface area contributed by atoms with E-state index in [9.17, 15) is 9.18 Å². The van der Waals surface area contributed by atoms with Gasteiger partial charge >= 0.3 is 5.97 Å². The van der Waals surface area contributed by atoms with Crippen LogP contribution in [0.1, 0.15) is 5.56 Å². The van der Waals surface area contributed by atoms with Gasteiger partial charge < -0.3 is 10.5 Å². The third kappa shape index (κ3) is 3.45. The van der Waals surface area contributed by atoms with Crippen LogP contribution in [0.15, 0.2) is 28.9 Å². The fraction of sp³-hybridized carbons (Fsp3) is 0.231. The topological polar surface area (TPSA) is 65.2 Å². The normalized spacial score (nSPS) is 11.8. The minimum absolute atomic E-state index is 0. The summed E-state index contributed by atoms with van der Waals surface area (Å²) in [6.07, 6.45) is 1.42. The van der Waals surface area contributed by atoms with E-state index in [2.05, 4.69) is 25.7 Å². The van der Waals surface area contributed by atoms with E-state index in [4.69, 9.17) is 5.73 Å². The van der Waals surface area contributed by atoms with Crippen molar-refractivity contribution in [2.24, 2.45) is 5.73 Å². The molecule has 0 saturated carbocycles. The molecule has 108 valence electrons. The molecule has 7 heteroatoms. The number of ether oxygens (including phenoxy) is 1. The van der Waals surface area contributed by atoms with E-state index >= 15 is 0 Å². The van der Waals surface area contributed by atoms with Crippen molar-refractivity contribution in [3.63, 3.8) is 0 Å². The lowest BCUT2D eigenvalue weighted by Crippen LogP contribution is -2.33. The van der Waals surface area contributed by atoms with Gasteiger partial charge in [-0.15, -0.1) is 12.4 Å². The Balaban J connectivity index is 0.00000200. The molecule has 0 amide bonds. The highest BCUT2D eigenvalue weighted by molar-refractivity contribution is 9.10. The Morgan fingerprint density at radius 2 is 2.25 bits per heavy atom. The number of pyridine rings is 1. The van der Waals surface area contributed by atoms with Crippen LogP contribution < -0.4 is 5.73 Å². The molecule has 0 aliphatic carbocycles. The number of carbonyl (C=O) groups is 1. The number of halogens is 3. The second-order valence-electron chi connectivity index (χ2n) is 4.09. The van der Waals surface area contributed by atoms with Crippen molar-refractivity contribution in [1.82, 2.24) is 4.98 Å². The summed E-state index contributed by atoms with van der Waals surface area (Å²) < 4.78 is 18.7. The first-order valence-electron chi connectivity index (χ1n) is 5.59. The molecule has 1 aromatic carbocycles. The molecule has 0 radical (unpaired) electrons. The third-order valence-corrected chi connectivity index (χ3v) is 3.44. The van der Waals surface area contributed by atoms with E-state index in [-0.39, 0.29) is 18.8 Å². The minimum atomic E-state index is -0.780. The maximum absolute atomic E-state index is 13.3. The monoisotopic (exact) mass is 362 g/mol. The van der Waals surface area contributed by atoms with Crippen LogP contribution in [-0.2, 0) is 16.0 Å². The summed E-state index contributed by atoms with van der Waals surface area (Å²) in [4.78, 5) is 15.4. The van der Waals surface area contributed by atoms with E-state index in [1.807, 2.05) is 0 Å². The number of methoxy groups -OCH3 is 1. The van der Waals surface area contributed by atoms with Crippen molar-refractivity contribution >= 4 is 45.2 Å². The summed E-state index contributed by atoms with van der Waals surface area (Å²) in [7, 11) is 1.28. The number of hydrogen-bond donors (Lipinski definition) is 1. The summed E-state index contributed by atoms with van der Waals surface area (Å²) in [6.45, 7) is 0. The number of aromatic nitrogens is 1. The van der Waals surface area contributed by atoms with Gasteiger partial charge in [-0.1, -0.05) is 6.07 Å². The van der Waals surface area contributed by atoms with Crippen LogP contribution >= 0.6 is 28.3 Å². The number of rotatable bonds is 3. The second kappa shape index (κ2) is 6.97. The molecule has 0 fully saturated rings. The van der Waals surface area contributed by atoms with E-state index in [1.165, 1.54) is 13.2 Å². The number of hydrogen-bond acceptors (Lipinski definition) is 4. The minimum Gasteiger partial charge on any atom is -0.468 e. The van der Waals surface area contributed by atoms with Crippen LogP contribution in [0.4, 0.5) is 4.39 Å². The Kier molecular flexibility index (Phi) is 5.86. The van der Waals surface area contributed by atoms with Gasteiger partial charge in [0.1, 0.15) is 11.9 Å². The molecule has 0 aliphatic rings. The molecular weight excluding hydrogens is 351 g/mol. The first kappa shape index (κ1) is 16.8. The van der Waals surface area contributed by atoms with Gasteiger partial charge in [0, 0.05) is 9.86 Å². The Labute approximate surface area is 130 Å². The van der Waals surface area contributed by atoms with Gasteiger partial charge in [0.25, 0.3) is 0 Å². The summed E-state index contributed by atoms with van der Waals surface area (Å²) >= 11 is 3.36. The zero-order chi connectivity index (χ0) is 14.0. The Morgan fingerprint density at radius 1 is 1.55 bits per heavy atom. The average molecular weight is 364 g/mol. The maximum Gasteiger partial charge on any atom is 0.322 e. The van der Waals surface area contributed by atoms with Gasteiger partial charge in [-0.05, 0) is 40.0 Å². The molecule has 4 nitrogen and oxygen atoms in total. The van der Waals surface area contributed by atoms with E-state index < -0.39 is 17.8 Å². The average Bonchev–Trinajstić information content (AvgIpc) is 2.40. The Hall–Kier alpha value is -1.24. The highest BCUT2D eigenvalue weighted by Gasteiger charge is 2.16. The van der Waals surface area contributed by atoms with E-state index in [0.717, 1.165) is 16.2 Å². The maximum atomic E-state index is 13.3. The third-order valence-electron chi connectivity index (χ3n) is 2.80. The van der Waals surface area contributed by atoms with Crippen molar-refractivity contribution in [2.75, 3.05) is 7.11 Å². The van der Waals surface area contributed by atoms with Crippen molar-refractivity contribution in [2.45, 2.75) is 12.5 Å². The van der Waals surface area contributed by atoms with Crippen LogP contribution in [0.25, 0.3) is 10.9 Å². The smallest absolute Gasteiger partial charge is 0.322 e. The zero-order valence-corrected chi connectivity index (χ0v) is 13.0. The number of fused-ring (bicyclic) bond motifs is 1. The SMILES string of the molecule is COC(=O)[C@@H](N)Cc1ccc(Br)c2ncc(F)cc12.Cl. The number of carbonyl (C=O) groups excluding carboxylic acids is 1. The number of nitrogens with two attached hydrogens (primary N) is 1. The summed E-state index contributed by atoms with van der Waals surface area (Å²) in [5.74, 6) is -0.932. The standard InChI is InChI=1S/C13H12BrFN2O2.ClH/c1-19-13(18)11(16)4-7-2-3-10(14)12-9(7)5-8(15)6-17-12;/h2-3,5-6,11H,4,16H2,1H3;1H/t11-;/m0./s1. The molecule has 2 rings (SSSR count). The number of benzene rings is 1. The van der Waals surface area contributed by atoms with Crippen LogP contribution in [0.5, 0.6) is 0 Å². The molecule has 0 bridgehead atoms. The predicted octanol–water partition coefficient (Wildman–Crippen LogP) is 2.60. The molecule has 1 atom stereocenters. The fourth-order valence-corrected chi connectivity index (χ4v) is 2.31. The largest absolute Gasteiger partial charge is 0.468 e. The van der Waals surface area contributed by atoms with Gasteiger partial charge in [0.2, 0.25) is 0 Å². The molecule has 1 aromatic heterocycles. The van der Waals surface area contributed by atoms with Gasteiger partial charge in [0.05, 0.1) is 18.8 Å². The van der Waals surface area contributed by atoms with Gasteiger partial charge in [-0.3, -0.25) is 9.78 Å². The van der Waals surface area contributed by atoms with Gasteiger partial charge in [0.15, 0.2) is 0 Å². The van der Waals surface area contributed by atoms with Crippen LogP contribution in [-0.4, -0.2) is 24.1 Å². The molecule has 0 spiro atoms. The summed E-state index contributed by atoms with van der Waals surface area (Å²) in [5.41, 5.74) is 7.11. The van der Waals surface area contributed by atoms with E-state index in [0.29, 0.717) is 10.9 Å². The first-order chi connectivity index (χ1) is 9.02. The highest BCUT2D eigenvalue weighted by atomic mass is 79.9. The van der Waals surface area contributed by atoms with Crippen molar-refractivity contribution in [3.8, 4) is 0 Å². The van der Waals surface area contributed by atoms with Crippen LogP contribution in [0, 0.1) is 5.82 Å². The molecule has 1 heterocycles. The zero-order valence-electron chi connectivity index (χ0n) is 10.6. The molecule has 20 heavy (non-hydrogen) atoms. The Bertz CT molecular complexity index is 639. The molecule has 0 saturated heterocycles. The lowest BCUT2D eigenvalue weighted by molar-refractivity contribution is -0.142. The molecule has 0 aliphatic heterocycles. The highest BCUT2D eigenvalue weighted by Crippen LogP contribution is 2.26. The fourth-order valence-electron chi connectivity index (χ4n) is 1.87. The quantitative estimate of drug-likeness (QED) is 0.851. The predicted molar refractivity (Wildman–Crippen MR) is 80.3 cm³/mol. The second-order valence-corrected chi connectivity index (χ2v) is 4.94. The van der Waals surface area contributed by atoms with Crippen molar-refractivity contribution in [3.05, 3.63) is 40.2 Å².